The van der Waals surface area contributed by atoms with Gasteiger partial charge in [-0.25, -0.2) is 4.79 Å². The first-order valence-corrected chi connectivity index (χ1v) is 9.31. The third kappa shape index (κ3) is 4.17. The first-order chi connectivity index (χ1) is 14.4. The van der Waals surface area contributed by atoms with Crippen LogP contribution in [0.1, 0.15) is 24.8 Å². The molecular weight excluding hydrogens is 390 g/mol. The maximum absolute atomic E-state index is 12.5. The minimum absolute atomic E-state index is 0.00660. The first kappa shape index (κ1) is 21.0. The van der Waals surface area contributed by atoms with Gasteiger partial charge in [-0.2, -0.15) is 0 Å². The number of carboxylic acid groups (broad SMARTS) is 1. The van der Waals surface area contributed by atoms with E-state index in [4.69, 9.17) is 24.7 Å². The molecule has 8 heteroatoms. The van der Waals surface area contributed by atoms with Crippen LogP contribution in [0.4, 0.5) is 0 Å². The smallest absolute Gasteiger partial charge is 0.340 e. The van der Waals surface area contributed by atoms with Crippen molar-refractivity contribution in [3.63, 3.8) is 0 Å². The van der Waals surface area contributed by atoms with E-state index in [1.165, 1.54) is 0 Å². The number of carbonyl (C=O) groups excluding carboxylic acids is 1. The molecule has 0 saturated carbocycles. The molecule has 0 aromatic heterocycles. The topological polar surface area (TPSA) is 117 Å². The Hall–Kier alpha value is -3.68. The molecule has 2 aromatic rings. The van der Waals surface area contributed by atoms with Gasteiger partial charge in [0.1, 0.15) is 22.8 Å². The lowest BCUT2D eigenvalue weighted by Crippen LogP contribution is -2.28. The summed E-state index contributed by atoms with van der Waals surface area (Å²) in [6.07, 6.45) is -0.337. The normalized spacial score (nSPS) is 15.1. The Morgan fingerprint density at radius 1 is 1.07 bits per heavy atom. The number of carbonyl (C=O) groups is 2. The Morgan fingerprint density at radius 3 is 2.30 bits per heavy atom. The summed E-state index contributed by atoms with van der Waals surface area (Å²) in [6, 6.07) is 10.7. The van der Waals surface area contributed by atoms with Gasteiger partial charge in [-0.1, -0.05) is 6.07 Å². The lowest BCUT2D eigenvalue weighted by Gasteiger charge is -2.27. The van der Waals surface area contributed by atoms with E-state index in [1.54, 1.807) is 39.3 Å². The van der Waals surface area contributed by atoms with Gasteiger partial charge in [0.15, 0.2) is 0 Å². The number of hydrogen-bond donors (Lipinski definition) is 2. The molecule has 1 atom stereocenters. The molecule has 1 aliphatic rings. The average Bonchev–Trinajstić information content (AvgIpc) is 2.72. The van der Waals surface area contributed by atoms with Crippen LogP contribution in [0.3, 0.4) is 0 Å². The molecule has 0 bridgehead atoms. The summed E-state index contributed by atoms with van der Waals surface area (Å²) in [7, 11) is 3.11. The van der Waals surface area contributed by atoms with Crippen molar-refractivity contribution in [1.29, 1.82) is 0 Å². The van der Waals surface area contributed by atoms with Crippen molar-refractivity contribution in [3.05, 3.63) is 53.4 Å². The number of esters is 1. The van der Waals surface area contributed by atoms with Crippen LogP contribution in [0.25, 0.3) is 11.1 Å². The molecule has 0 radical (unpaired) electrons. The number of nitrogens with two attached hydrogens (primary N) is 1. The number of methoxy groups -OCH3 is 2. The molecule has 8 nitrogen and oxygen atoms in total. The number of aliphatic carboxylic acids is 1. The van der Waals surface area contributed by atoms with E-state index in [9.17, 15) is 14.7 Å². The Morgan fingerprint density at radius 2 is 1.73 bits per heavy atom. The summed E-state index contributed by atoms with van der Waals surface area (Å²) in [6.45, 7) is 1.79. The highest BCUT2D eigenvalue weighted by Gasteiger charge is 2.36. The lowest BCUT2D eigenvalue weighted by molar-refractivity contribution is -0.139. The Bertz CT molecular complexity index is 990. The highest BCUT2D eigenvalue weighted by molar-refractivity contribution is 5.93. The predicted octanol–water partition coefficient (Wildman–Crippen LogP) is 3.05. The van der Waals surface area contributed by atoms with Crippen LogP contribution in [-0.2, 0) is 14.3 Å². The van der Waals surface area contributed by atoms with E-state index in [2.05, 4.69) is 0 Å². The van der Waals surface area contributed by atoms with E-state index in [0.29, 0.717) is 22.8 Å². The van der Waals surface area contributed by atoms with E-state index >= 15 is 0 Å². The number of ether oxygens (including phenoxy) is 4. The molecule has 2 aromatic carbocycles. The van der Waals surface area contributed by atoms with Crippen LogP contribution < -0.4 is 19.9 Å². The number of benzene rings is 2. The van der Waals surface area contributed by atoms with Crippen molar-refractivity contribution in [2.75, 3.05) is 20.8 Å². The Kier molecular flexibility index (Phi) is 6.15. The maximum atomic E-state index is 12.5. The van der Waals surface area contributed by atoms with Crippen molar-refractivity contribution < 1.29 is 33.6 Å². The van der Waals surface area contributed by atoms with Crippen molar-refractivity contribution in [1.82, 2.24) is 0 Å². The highest BCUT2D eigenvalue weighted by atomic mass is 16.5. The Balaban J connectivity index is 2.12. The standard InChI is InChI=1S/C22H23NO7/c1-4-29-22(26)20-17(11-19(24)25)16-9-12(5-6-18(16)30-21(20)23)13-7-14(27-2)10-15(8-13)28-3/h5-10,17H,4,11,23H2,1-3H3,(H,24,25). The quantitative estimate of drug-likeness (QED) is 0.665. The summed E-state index contributed by atoms with van der Waals surface area (Å²) in [5.41, 5.74) is 8.06. The number of rotatable bonds is 7. The maximum Gasteiger partial charge on any atom is 0.340 e. The fourth-order valence-corrected chi connectivity index (χ4v) is 3.41. The van der Waals surface area contributed by atoms with Crippen molar-refractivity contribution in [2.45, 2.75) is 19.3 Å². The highest BCUT2D eigenvalue weighted by Crippen LogP contribution is 2.43. The largest absolute Gasteiger partial charge is 0.497 e. The third-order valence-electron chi connectivity index (χ3n) is 4.78. The monoisotopic (exact) mass is 413 g/mol. The predicted molar refractivity (Wildman–Crippen MR) is 108 cm³/mol. The molecular formula is C22H23NO7. The summed E-state index contributed by atoms with van der Waals surface area (Å²) in [4.78, 5) is 24.0. The van der Waals surface area contributed by atoms with E-state index < -0.39 is 17.9 Å². The first-order valence-electron chi connectivity index (χ1n) is 9.31. The summed E-state index contributed by atoms with van der Waals surface area (Å²) in [5.74, 6) is -1.11. The zero-order valence-corrected chi connectivity index (χ0v) is 16.9. The van der Waals surface area contributed by atoms with Crippen molar-refractivity contribution in [2.24, 2.45) is 5.73 Å². The minimum atomic E-state index is -1.07. The van der Waals surface area contributed by atoms with Crippen LogP contribution >= 0.6 is 0 Å². The van der Waals surface area contributed by atoms with Crippen LogP contribution in [0, 0.1) is 0 Å². The minimum Gasteiger partial charge on any atom is -0.497 e. The van der Waals surface area contributed by atoms with Crippen LogP contribution in [0.5, 0.6) is 17.2 Å². The van der Waals surface area contributed by atoms with Gasteiger partial charge in [0.25, 0.3) is 0 Å². The zero-order chi connectivity index (χ0) is 21.8. The molecule has 0 aliphatic carbocycles. The van der Waals surface area contributed by atoms with Gasteiger partial charge in [0.05, 0.1) is 27.2 Å². The van der Waals surface area contributed by atoms with Gasteiger partial charge in [0.2, 0.25) is 5.88 Å². The molecule has 3 N–H and O–H groups in total. The molecule has 0 amide bonds. The van der Waals surface area contributed by atoms with E-state index in [0.717, 1.165) is 11.1 Å². The molecule has 0 spiro atoms. The second kappa shape index (κ2) is 8.77. The third-order valence-corrected chi connectivity index (χ3v) is 4.78. The summed E-state index contributed by atoms with van der Waals surface area (Å²) < 4.78 is 21.3. The molecule has 1 unspecified atom stereocenters. The van der Waals surface area contributed by atoms with Gasteiger partial charge in [-0.05, 0) is 42.3 Å². The van der Waals surface area contributed by atoms with Crippen molar-refractivity contribution in [3.8, 4) is 28.4 Å². The Labute approximate surface area is 173 Å². The van der Waals surface area contributed by atoms with Crippen molar-refractivity contribution >= 4 is 11.9 Å². The zero-order valence-electron chi connectivity index (χ0n) is 16.9. The fourth-order valence-electron chi connectivity index (χ4n) is 3.41. The molecule has 1 heterocycles. The van der Waals surface area contributed by atoms with E-state index in [-0.39, 0.29) is 24.5 Å². The number of hydrogen-bond acceptors (Lipinski definition) is 7. The van der Waals surface area contributed by atoms with Gasteiger partial charge < -0.3 is 29.8 Å². The fraction of sp³-hybridized carbons (Fsp3) is 0.273. The molecule has 0 fully saturated rings. The second-order valence-electron chi connectivity index (χ2n) is 6.60. The molecule has 0 saturated heterocycles. The van der Waals surface area contributed by atoms with Crippen LogP contribution in [-0.4, -0.2) is 37.9 Å². The van der Waals surface area contributed by atoms with Crippen LogP contribution in [0.15, 0.2) is 47.9 Å². The number of fused-ring (bicyclic) bond motifs is 1. The number of carboxylic acids is 1. The SMILES string of the molecule is CCOC(=O)C1=C(N)Oc2ccc(-c3cc(OC)cc(OC)c3)cc2C1CC(=O)O. The molecule has 158 valence electrons. The lowest BCUT2D eigenvalue weighted by atomic mass is 9.84. The molecule has 3 rings (SSSR count). The van der Waals surface area contributed by atoms with Gasteiger partial charge in [-0.3, -0.25) is 4.79 Å². The van der Waals surface area contributed by atoms with Gasteiger partial charge in [0, 0.05) is 17.5 Å². The molecule has 30 heavy (non-hydrogen) atoms. The summed E-state index contributed by atoms with van der Waals surface area (Å²) >= 11 is 0. The van der Waals surface area contributed by atoms with Crippen LogP contribution in [0.2, 0.25) is 0 Å². The molecule has 1 aliphatic heterocycles. The van der Waals surface area contributed by atoms with E-state index in [1.807, 2.05) is 18.2 Å². The van der Waals surface area contributed by atoms with Gasteiger partial charge >= 0.3 is 11.9 Å². The summed E-state index contributed by atoms with van der Waals surface area (Å²) in [5, 5.41) is 9.44. The average molecular weight is 413 g/mol. The second-order valence-corrected chi connectivity index (χ2v) is 6.60. The van der Waals surface area contributed by atoms with Gasteiger partial charge in [-0.15, -0.1) is 0 Å².